The molecule has 0 fully saturated rings. The molecule has 0 bridgehead atoms. The molecule has 0 aliphatic rings. The summed E-state index contributed by atoms with van der Waals surface area (Å²) >= 11 is 7.69. The largest absolute Gasteiger partial charge is 0.355 e. The maximum absolute atomic E-state index is 11.8. The van der Waals surface area contributed by atoms with Crippen molar-refractivity contribution in [1.82, 2.24) is 20.1 Å². The van der Waals surface area contributed by atoms with Gasteiger partial charge in [0.15, 0.2) is 0 Å². The number of nitrogens with zero attached hydrogens (tertiary/aromatic N) is 3. The normalized spacial score (nSPS) is 12.1. The molecular formula is C14H17ClN4OS. The first-order chi connectivity index (χ1) is 10.2. The number of aryl methyl sites for hydroxylation is 1. The first kappa shape index (κ1) is 15.9. The average molecular weight is 325 g/mol. The maximum atomic E-state index is 11.8. The number of hydrogen-bond donors (Lipinski definition) is 1. The number of carbonyl (C=O) groups excluding carboxylic acids is 1. The van der Waals surface area contributed by atoms with Gasteiger partial charge in [-0.2, -0.15) is 16.9 Å². The van der Waals surface area contributed by atoms with Crippen molar-refractivity contribution in [2.24, 2.45) is 0 Å². The predicted molar refractivity (Wildman–Crippen MR) is 85.4 cm³/mol. The van der Waals surface area contributed by atoms with Crippen molar-refractivity contribution >= 4 is 29.3 Å². The molecule has 1 amide bonds. The van der Waals surface area contributed by atoms with Crippen molar-refractivity contribution in [1.29, 1.82) is 0 Å². The van der Waals surface area contributed by atoms with E-state index in [2.05, 4.69) is 15.4 Å². The van der Waals surface area contributed by atoms with Gasteiger partial charge in [-0.1, -0.05) is 23.7 Å². The van der Waals surface area contributed by atoms with Gasteiger partial charge in [0.1, 0.15) is 12.7 Å². The summed E-state index contributed by atoms with van der Waals surface area (Å²) in [7, 11) is 0. The van der Waals surface area contributed by atoms with Crippen LogP contribution in [0.15, 0.2) is 36.9 Å². The van der Waals surface area contributed by atoms with Gasteiger partial charge in [0.05, 0.1) is 6.54 Å². The highest BCUT2D eigenvalue weighted by atomic mass is 35.5. The molecule has 1 N–H and O–H groups in total. The van der Waals surface area contributed by atoms with Crippen LogP contribution in [-0.4, -0.2) is 33.5 Å². The Labute approximate surface area is 133 Å². The second-order valence-corrected chi connectivity index (χ2v) is 5.97. The predicted octanol–water partition coefficient (Wildman–Crippen LogP) is 2.54. The molecule has 0 aliphatic heterocycles. The van der Waals surface area contributed by atoms with Crippen LogP contribution in [-0.2, 0) is 11.3 Å². The van der Waals surface area contributed by atoms with E-state index in [4.69, 9.17) is 11.6 Å². The Morgan fingerprint density at radius 1 is 1.52 bits per heavy atom. The van der Waals surface area contributed by atoms with E-state index in [0.717, 1.165) is 5.56 Å². The monoisotopic (exact) mass is 324 g/mol. The van der Waals surface area contributed by atoms with E-state index in [0.29, 0.717) is 24.5 Å². The fourth-order valence-corrected chi connectivity index (χ4v) is 2.77. The van der Waals surface area contributed by atoms with Crippen molar-refractivity contribution in [3.05, 3.63) is 47.5 Å². The maximum Gasteiger partial charge on any atom is 0.221 e. The van der Waals surface area contributed by atoms with Crippen LogP contribution < -0.4 is 5.32 Å². The molecule has 0 aliphatic carbocycles. The average Bonchev–Trinajstić information content (AvgIpc) is 2.99. The number of rotatable bonds is 7. The lowest BCUT2D eigenvalue weighted by Gasteiger charge is -2.16. The van der Waals surface area contributed by atoms with Gasteiger partial charge in [0.25, 0.3) is 0 Å². The number of aromatic nitrogens is 3. The number of thioether (sulfide) groups is 1. The van der Waals surface area contributed by atoms with Crippen LogP contribution in [0.2, 0.25) is 5.02 Å². The lowest BCUT2D eigenvalue weighted by molar-refractivity contribution is -0.121. The summed E-state index contributed by atoms with van der Waals surface area (Å²) in [6.45, 7) is 1.12. The molecule has 0 radical (unpaired) electrons. The molecule has 0 saturated carbocycles. The molecular weight excluding hydrogens is 308 g/mol. The number of carbonyl (C=O) groups is 1. The minimum Gasteiger partial charge on any atom is -0.355 e. The quantitative estimate of drug-likeness (QED) is 0.850. The fraction of sp³-hybridized carbons (Fsp3) is 0.357. The zero-order valence-corrected chi connectivity index (χ0v) is 13.3. The Bertz CT molecular complexity index is 576. The van der Waals surface area contributed by atoms with E-state index in [1.165, 1.54) is 6.33 Å². The molecule has 0 spiro atoms. The van der Waals surface area contributed by atoms with Gasteiger partial charge < -0.3 is 5.32 Å². The summed E-state index contributed by atoms with van der Waals surface area (Å²) in [5.74, 6) is 0.00609. The van der Waals surface area contributed by atoms with Gasteiger partial charge in [0, 0.05) is 23.2 Å². The van der Waals surface area contributed by atoms with Crippen molar-refractivity contribution in [3.8, 4) is 0 Å². The molecule has 2 aromatic rings. The molecule has 1 aromatic carbocycles. The minimum atomic E-state index is 0.00609. The molecule has 1 unspecified atom stereocenters. The fourth-order valence-electron chi connectivity index (χ4n) is 1.90. The van der Waals surface area contributed by atoms with Crippen LogP contribution in [0.3, 0.4) is 0 Å². The molecule has 112 valence electrons. The van der Waals surface area contributed by atoms with Gasteiger partial charge in [-0.05, 0) is 24.0 Å². The van der Waals surface area contributed by atoms with Gasteiger partial charge in [-0.15, -0.1) is 0 Å². The SMILES string of the molecule is CSC(CNC(=O)CCn1cncn1)c1cccc(Cl)c1. The summed E-state index contributed by atoms with van der Waals surface area (Å²) in [6.07, 6.45) is 5.47. The summed E-state index contributed by atoms with van der Waals surface area (Å²) in [4.78, 5) is 15.7. The van der Waals surface area contributed by atoms with Crippen LogP contribution in [0.4, 0.5) is 0 Å². The Morgan fingerprint density at radius 3 is 3.05 bits per heavy atom. The van der Waals surface area contributed by atoms with Crippen molar-refractivity contribution in [2.45, 2.75) is 18.2 Å². The standard InChI is InChI=1S/C14H17ClN4OS/c1-21-13(11-3-2-4-12(15)7-11)8-17-14(20)5-6-19-10-16-9-18-19/h2-4,7,9-10,13H,5-6,8H2,1H3,(H,17,20). The topological polar surface area (TPSA) is 59.8 Å². The molecule has 21 heavy (non-hydrogen) atoms. The van der Waals surface area contributed by atoms with Crippen molar-refractivity contribution in [3.63, 3.8) is 0 Å². The van der Waals surface area contributed by atoms with Gasteiger partial charge >= 0.3 is 0 Å². The van der Waals surface area contributed by atoms with Crippen LogP contribution in [0.1, 0.15) is 17.2 Å². The van der Waals surface area contributed by atoms with E-state index < -0.39 is 0 Å². The summed E-state index contributed by atoms with van der Waals surface area (Å²) in [5.41, 5.74) is 1.12. The highest BCUT2D eigenvalue weighted by Gasteiger charge is 2.12. The Balaban J connectivity index is 1.81. The number of hydrogen-bond acceptors (Lipinski definition) is 4. The summed E-state index contributed by atoms with van der Waals surface area (Å²) in [5, 5.41) is 7.82. The van der Waals surface area contributed by atoms with Crippen molar-refractivity contribution < 1.29 is 4.79 Å². The number of benzene rings is 1. The zero-order chi connectivity index (χ0) is 15.1. The Hall–Kier alpha value is -1.53. The zero-order valence-electron chi connectivity index (χ0n) is 11.7. The third-order valence-electron chi connectivity index (χ3n) is 3.02. The number of amides is 1. The molecule has 1 atom stereocenters. The molecule has 1 aromatic heterocycles. The first-order valence-corrected chi connectivity index (χ1v) is 8.23. The van der Waals surface area contributed by atoms with E-state index in [1.807, 2.05) is 30.5 Å². The highest BCUT2D eigenvalue weighted by Crippen LogP contribution is 2.27. The van der Waals surface area contributed by atoms with Crippen LogP contribution in [0.25, 0.3) is 0 Å². The van der Waals surface area contributed by atoms with E-state index in [9.17, 15) is 4.79 Å². The lowest BCUT2D eigenvalue weighted by atomic mass is 10.1. The van der Waals surface area contributed by atoms with E-state index in [1.54, 1.807) is 22.8 Å². The second-order valence-electron chi connectivity index (χ2n) is 4.49. The number of halogens is 1. The molecule has 2 rings (SSSR count). The van der Waals surface area contributed by atoms with Gasteiger partial charge in [-0.3, -0.25) is 9.48 Å². The molecule has 1 heterocycles. The van der Waals surface area contributed by atoms with Crippen molar-refractivity contribution in [2.75, 3.05) is 12.8 Å². The van der Waals surface area contributed by atoms with E-state index >= 15 is 0 Å². The second kappa shape index (κ2) is 8.05. The van der Waals surface area contributed by atoms with E-state index in [-0.39, 0.29) is 11.2 Å². The Morgan fingerprint density at radius 2 is 2.38 bits per heavy atom. The highest BCUT2D eigenvalue weighted by molar-refractivity contribution is 7.98. The lowest BCUT2D eigenvalue weighted by Crippen LogP contribution is -2.28. The Kier molecular flexibility index (Phi) is 6.07. The van der Waals surface area contributed by atoms with Gasteiger partial charge in [-0.25, -0.2) is 4.98 Å². The first-order valence-electron chi connectivity index (χ1n) is 6.56. The number of nitrogens with one attached hydrogen (secondary N) is 1. The molecule has 7 heteroatoms. The summed E-state index contributed by atoms with van der Waals surface area (Å²) in [6, 6.07) is 7.73. The smallest absolute Gasteiger partial charge is 0.221 e. The third-order valence-corrected chi connectivity index (χ3v) is 4.27. The van der Waals surface area contributed by atoms with Crippen LogP contribution in [0, 0.1) is 0 Å². The molecule has 5 nitrogen and oxygen atoms in total. The molecule has 0 saturated heterocycles. The third kappa shape index (κ3) is 5.06. The minimum absolute atomic E-state index is 0.00609. The summed E-state index contributed by atoms with van der Waals surface area (Å²) < 4.78 is 1.64. The van der Waals surface area contributed by atoms with Gasteiger partial charge in [0.2, 0.25) is 5.91 Å². The van der Waals surface area contributed by atoms with Crippen LogP contribution >= 0.6 is 23.4 Å². The van der Waals surface area contributed by atoms with Crippen LogP contribution in [0.5, 0.6) is 0 Å².